The fraction of sp³-hybridized carbons (Fsp3) is 0.308. The molecule has 3 nitrogen and oxygen atoms in total. The van der Waals surface area contributed by atoms with Crippen molar-refractivity contribution < 1.29 is 8.42 Å². The molecule has 4 rings (SSSR count). The van der Waals surface area contributed by atoms with E-state index in [1.165, 1.54) is 10.0 Å². The van der Waals surface area contributed by atoms with Gasteiger partial charge in [0.25, 0.3) is 0 Å². The molecule has 1 saturated heterocycles. The van der Waals surface area contributed by atoms with Crippen molar-refractivity contribution in [2.75, 3.05) is 18.8 Å². The van der Waals surface area contributed by atoms with E-state index in [1.807, 2.05) is 31.2 Å². The van der Waals surface area contributed by atoms with E-state index in [9.17, 15) is 8.42 Å². The molecule has 162 valence electrons. The Balaban J connectivity index is 1.49. The van der Waals surface area contributed by atoms with Gasteiger partial charge >= 0.3 is 193 Å². The standard InChI is InChI=1S/C26H29NO2SSe/c1-21-12-14-25(15-13-21)30(28,29)19-23-17-27(16-22-8-4-2-5-9-22)18-24(23)20-31-26-10-6-3-7-11-26/h2-15,23-24H,16-20H2,1H3/t23-,24+/m0/s1. The second-order valence-electron chi connectivity index (χ2n) is 8.42. The third-order valence-corrected chi connectivity index (χ3v) is 10.3. The molecule has 0 aromatic heterocycles. The summed E-state index contributed by atoms with van der Waals surface area (Å²) >= 11 is 0.362. The van der Waals surface area contributed by atoms with Gasteiger partial charge in [0.05, 0.1) is 0 Å². The van der Waals surface area contributed by atoms with Gasteiger partial charge in [-0.2, -0.15) is 0 Å². The van der Waals surface area contributed by atoms with E-state index in [1.54, 1.807) is 12.1 Å². The monoisotopic (exact) mass is 499 g/mol. The van der Waals surface area contributed by atoms with E-state index in [2.05, 4.69) is 53.4 Å². The van der Waals surface area contributed by atoms with Gasteiger partial charge in [-0.1, -0.05) is 0 Å². The van der Waals surface area contributed by atoms with E-state index >= 15 is 0 Å². The van der Waals surface area contributed by atoms with E-state index in [0.717, 1.165) is 30.5 Å². The normalized spacial score (nSPS) is 19.5. The summed E-state index contributed by atoms with van der Waals surface area (Å²) in [5.74, 6) is 0.807. The van der Waals surface area contributed by atoms with Gasteiger partial charge in [-0.3, -0.25) is 0 Å². The third-order valence-electron chi connectivity index (χ3n) is 5.92. The fourth-order valence-corrected chi connectivity index (χ4v) is 8.29. The van der Waals surface area contributed by atoms with Gasteiger partial charge in [0.15, 0.2) is 0 Å². The van der Waals surface area contributed by atoms with Crippen LogP contribution >= 0.6 is 0 Å². The predicted molar refractivity (Wildman–Crippen MR) is 129 cm³/mol. The van der Waals surface area contributed by atoms with Crippen molar-refractivity contribution in [1.29, 1.82) is 0 Å². The van der Waals surface area contributed by atoms with Crippen LogP contribution < -0.4 is 4.46 Å². The Kier molecular flexibility index (Phi) is 7.29. The van der Waals surface area contributed by atoms with E-state index in [0.29, 0.717) is 25.8 Å². The summed E-state index contributed by atoms with van der Waals surface area (Å²) in [7, 11) is -3.29. The maximum atomic E-state index is 13.2. The van der Waals surface area contributed by atoms with Gasteiger partial charge in [-0.25, -0.2) is 0 Å². The average Bonchev–Trinajstić information content (AvgIpc) is 3.14. The molecule has 1 fully saturated rings. The first-order chi connectivity index (χ1) is 15.0. The number of likely N-dealkylation sites (tertiary alicyclic amines) is 1. The number of nitrogens with zero attached hydrogens (tertiary/aromatic N) is 1. The van der Waals surface area contributed by atoms with Gasteiger partial charge < -0.3 is 0 Å². The third kappa shape index (κ3) is 6.08. The Morgan fingerprint density at radius 2 is 1.45 bits per heavy atom. The van der Waals surface area contributed by atoms with Crippen LogP contribution in [-0.2, 0) is 16.4 Å². The molecule has 3 aromatic carbocycles. The molecular weight excluding hydrogens is 469 g/mol. The van der Waals surface area contributed by atoms with Crippen LogP contribution in [0.5, 0.6) is 0 Å². The molecule has 0 N–H and O–H groups in total. The molecule has 1 aliphatic rings. The molecule has 3 aromatic rings. The zero-order valence-electron chi connectivity index (χ0n) is 17.9. The van der Waals surface area contributed by atoms with Crippen LogP contribution in [0.3, 0.4) is 0 Å². The molecule has 1 aliphatic heterocycles. The molecule has 2 atom stereocenters. The van der Waals surface area contributed by atoms with Crippen molar-refractivity contribution in [3.8, 4) is 0 Å². The summed E-state index contributed by atoms with van der Waals surface area (Å²) in [6, 6.07) is 28.4. The Morgan fingerprint density at radius 3 is 2.13 bits per heavy atom. The Morgan fingerprint density at radius 1 is 0.839 bits per heavy atom. The summed E-state index contributed by atoms with van der Waals surface area (Å²) in [6.07, 6.45) is 0. The van der Waals surface area contributed by atoms with Crippen LogP contribution in [0.4, 0.5) is 0 Å². The van der Waals surface area contributed by atoms with Crippen LogP contribution in [-0.4, -0.2) is 47.1 Å². The number of hydrogen-bond acceptors (Lipinski definition) is 3. The molecule has 0 saturated carbocycles. The molecule has 0 unspecified atom stereocenters. The molecule has 0 radical (unpaired) electrons. The van der Waals surface area contributed by atoms with Crippen LogP contribution in [0.1, 0.15) is 11.1 Å². The van der Waals surface area contributed by atoms with Crippen molar-refractivity contribution >= 4 is 29.3 Å². The first kappa shape index (κ1) is 22.3. The SMILES string of the molecule is Cc1ccc(S(=O)(=O)C[C@@H]2CN(Cc3ccccc3)C[C@@H]2C[Se]c2ccccc2)cc1. The molecule has 0 spiro atoms. The number of aryl methyl sites for hydroxylation is 1. The Labute approximate surface area is 192 Å². The summed E-state index contributed by atoms with van der Waals surface area (Å²) in [6.45, 7) is 4.68. The molecule has 0 aliphatic carbocycles. The summed E-state index contributed by atoms with van der Waals surface area (Å²) in [5.41, 5.74) is 2.37. The molecule has 5 heteroatoms. The topological polar surface area (TPSA) is 37.4 Å². The minimum atomic E-state index is -3.29. The number of rotatable bonds is 8. The minimum absolute atomic E-state index is 0.167. The second kappa shape index (κ2) is 10.1. The summed E-state index contributed by atoms with van der Waals surface area (Å²) < 4.78 is 27.7. The van der Waals surface area contributed by atoms with Crippen molar-refractivity contribution in [1.82, 2.24) is 4.90 Å². The Hall–Kier alpha value is -1.91. The van der Waals surface area contributed by atoms with Gasteiger partial charge in [0, 0.05) is 0 Å². The van der Waals surface area contributed by atoms with Crippen molar-refractivity contribution in [3.63, 3.8) is 0 Å². The van der Waals surface area contributed by atoms with Crippen molar-refractivity contribution in [2.24, 2.45) is 11.8 Å². The quantitative estimate of drug-likeness (QED) is 0.442. The molecular formula is C26H29NO2SSe. The van der Waals surface area contributed by atoms with Crippen LogP contribution in [0, 0.1) is 18.8 Å². The molecule has 0 bridgehead atoms. The van der Waals surface area contributed by atoms with Gasteiger partial charge in [-0.15, -0.1) is 0 Å². The first-order valence-corrected chi connectivity index (χ1v) is 14.5. The number of hydrogen-bond donors (Lipinski definition) is 0. The first-order valence-electron chi connectivity index (χ1n) is 10.7. The second-order valence-corrected chi connectivity index (χ2v) is 12.7. The van der Waals surface area contributed by atoms with E-state index < -0.39 is 9.84 Å². The predicted octanol–water partition coefficient (Wildman–Crippen LogP) is 3.96. The van der Waals surface area contributed by atoms with Crippen molar-refractivity contribution in [2.45, 2.75) is 23.7 Å². The number of sulfone groups is 1. The Bertz CT molecular complexity index is 1070. The van der Waals surface area contributed by atoms with Gasteiger partial charge in [0.2, 0.25) is 0 Å². The van der Waals surface area contributed by atoms with E-state index in [-0.39, 0.29) is 11.7 Å². The summed E-state index contributed by atoms with van der Waals surface area (Å²) in [5, 5.41) is 1.08. The van der Waals surface area contributed by atoms with Gasteiger partial charge in [0.1, 0.15) is 0 Å². The molecule has 31 heavy (non-hydrogen) atoms. The van der Waals surface area contributed by atoms with Crippen molar-refractivity contribution in [3.05, 3.63) is 96.1 Å². The van der Waals surface area contributed by atoms with E-state index in [4.69, 9.17) is 0 Å². The zero-order valence-corrected chi connectivity index (χ0v) is 20.4. The number of benzene rings is 3. The van der Waals surface area contributed by atoms with Gasteiger partial charge in [-0.05, 0) is 0 Å². The van der Waals surface area contributed by atoms with Crippen LogP contribution in [0.15, 0.2) is 89.8 Å². The maximum absolute atomic E-state index is 13.2. The zero-order chi connectivity index (χ0) is 21.7. The fourth-order valence-electron chi connectivity index (χ4n) is 4.23. The van der Waals surface area contributed by atoms with Crippen LogP contribution in [0.25, 0.3) is 0 Å². The summed E-state index contributed by atoms with van der Waals surface area (Å²) in [4.78, 5) is 2.89. The van der Waals surface area contributed by atoms with Crippen LogP contribution in [0.2, 0.25) is 5.32 Å². The average molecular weight is 499 g/mol. The molecule has 0 amide bonds. The molecule has 1 heterocycles.